The molecule has 3 aromatic rings. The smallest absolute Gasteiger partial charge is 0.341 e. The maximum Gasteiger partial charge on any atom is 0.341 e. The molecule has 0 unspecified atom stereocenters. The molecule has 0 saturated carbocycles. The summed E-state index contributed by atoms with van der Waals surface area (Å²) in [6.45, 7) is 8.02. The fourth-order valence-corrected chi connectivity index (χ4v) is 3.81. The van der Waals surface area contributed by atoms with E-state index in [1.807, 2.05) is 62.5 Å². The Kier molecular flexibility index (Phi) is 5.95. The van der Waals surface area contributed by atoms with Gasteiger partial charge < -0.3 is 10.1 Å². The summed E-state index contributed by atoms with van der Waals surface area (Å²) < 4.78 is 5.25. The van der Waals surface area contributed by atoms with Gasteiger partial charge in [0, 0.05) is 16.5 Å². The highest BCUT2D eigenvalue weighted by molar-refractivity contribution is 7.15. The number of aryl methyl sites for hydroxylation is 3. The van der Waals surface area contributed by atoms with E-state index < -0.39 is 5.97 Å². The van der Waals surface area contributed by atoms with E-state index in [-0.39, 0.29) is 12.5 Å². The van der Waals surface area contributed by atoms with Crippen LogP contribution in [0.1, 0.15) is 44.3 Å². The van der Waals surface area contributed by atoms with Gasteiger partial charge in [0.15, 0.2) is 0 Å². The molecule has 4 nitrogen and oxygen atoms in total. The summed E-state index contributed by atoms with van der Waals surface area (Å²) in [6.07, 6.45) is 0. The quantitative estimate of drug-likeness (QED) is 0.560. The topological polar surface area (TPSA) is 55.4 Å². The average Bonchev–Trinajstić information content (AvgIpc) is 3.08. The minimum absolute atomic E-state index is 0.244. The van der Waals surface area contributed by atoms with Crippen LogP contribution >= 0.6 is 11.3 Å². The molecule has 3 rings (SSSR count). The molecule has 28 heavy (non-hydrogen) atoms. The number of carbonyl (C=O) groups excluding carboxylic acids is 2. The third kappa shape index (κ3) is 4.15. The number of carbonyl (C=O) groups is 2. The number of ether oxygens (including phenoxy) is 1. The summed E-state index contributed by atoms with van der Waals surface area (Å²) in [4.78, 5) is 25.4. The van der Waals surface area contributed by atoms with Crippen molar-refractivity contribution in [3.63, 3.8) is 0 Å². The van der Waals surface area contributed by atoms with Gasteiger partial charge in [-0.1, -0.05) is 35.9 Å². The second-order valence-electron chi connectivity index (χ2n) is 6.69. The number of esters is 1. The molecule has 1 heterocycles. The summed E-state index contributed by atoms with van der Waals surface area (Å²) in [5.41, 5.74) is 5.94. The first kappa shape index (κ1) is 19.8. The molecule has 2 aromatic carbocycles. The molecule has 0 spiro atoms. The van der Waals surface area contributed by atoms with Gasteiger partial charge in [-0.25, -0.2) is 4.79 Å². The van der Waals surface area contributed by atoms with E-state index in [0.29, 0.717) is 16.1 Å². The van der Waals surface area contributed by atoms with Crippen molar-refractivity contribution in [1.29, 1.82) is 0 Å². The highest BCUT2D eigenvalue weighted by Gasteiger charge is 2.23. The zero-order valence-corrected chi connectivity index (χ0v) is 17.3. The van der Waals surface area contributed by atoms with Crippen molar-refractivity contribution in [2.24, 2.45) is 0 Å². The predicted molar refractivity (Wildman–Crippen MR) is 114 cm³/mol. The Balaban J connectivity index is 1.98. The number of amides is 1. The fourth-order valence-electron chi connectivity index (χ4n) is 2.86. The first-order valence-corrected chi connectivity index (χ1v) is 10.0. The Morgan fingerprint density at radius 1 is 1.00 bits per heavy atom. The van der Waals surface area contributed by atoms with E-state index in [1.54, 1.807) is 13.0 Å². The van der Waals surface area contributed by atoms with Crippen molar-refractivity contribution in [2.45, 2.75) is 27.7 Å². The maximum atomic E-state index is 12.7. The molecule has 1 aromatic heterocycles. The maximum absolute atomic E-state index is 12.7. The molecule has 0 aliphatic carbocycles. The third-order valence-electron chi connectivity index (χ3n) is 4.63. The molecule has 0 aliphatic heterocycles. The predicted octanol–water partition coefficient (Wildman–Crippen LogP) is 5.77. The van der Waals surface area contributed by atoms with Gasteiger partial charge in [-0.05, 0) is 56.5 Å². The summed E-state index contributed by atoms with van der Waals surface area (Å²) in [5, 5.41) is 5.27. The SMILES string of the molecule is CCOC(=O)c1c(-c2ccc(C)cc2)csc1NC(=O)c1ccc(C)c(C)c1. The van der Waals surface area contributed by atoms with Gasteiger partial charge in [-0.2, -0.15) is 0 Å². The molecular formula is C23H23NO3S. The molecule has 0 bridgehead atoms. The van der Waals surface area contributed by atoms with Crippen molar-refractivity contribution in [2.75, 3.05) is 11.9 Å². The Morgan fingerprint density at radius 2 is 1.71 bits per heavy atom. The fraction of sp³-hybridized carbons (Fsp3) is 0.217. The minimum atomic E-state index is -0.435. The second kappa shape index (κ2) is 8.40. The largest absolute Gasteiger partial charge is 0.462 e. The van der Waals surface area contributed by atoms with Crippen LogP contribution < -0.4 is 5.32 Å². The van der Waals surface area contributed by atoms with Gasteiger partial charge in [0.05, 0.1) is 6.61 Å². The summed E-state index contributed by atoms with van der Waals surface area (Å²) in [7, 11) is 0. The van der Waals surface area contributed by atoms with Crippen LogP contribution in [0.5, 0.6) is 0 Å². The van der Waals surface area contributed by atoms with Crippen molar-refractivity contribution >= 4 is 28.2 Å². The number of hydrogen-bond donors (Lipinski definition) is 1. The number of anilines is 1. The lowest BCUT2D eigenvalue weighted by Crippen LogP contribution is -2.15. The van der Waals surface area contributed by atoms with Crippen LogP contribution in [0.25, 0.3) is 11.1 Å². The molecule has 1 amide bonds. The first-order chi connectivity index (χ1) is 13.4. The Bertz CT molecular complexity index is 1020. The van der Waals surface area contributed by atoms with Crippen molar-refractivity contribution in [3.05, 3.63) is 75.7 Å². The number of rotatable bonds is 5. The van der Waals surface area contributed by atoms with Crippen LogP contribution in [-0.4, -0.2) is 18.5 Å². The van der Waals surface area contributed by atoms with Gasteiger partial charge in [-0.3, -0.25) is 4.79 Å². The summed E-state index contributed by atoms with van der Waals surface area (Å²) in [6, 6.07) is 13.5. The number of thiophene rings is 1. The number of hydrogen-bond acceptors (Lipinski definition) is 4. The van der Waals surface area contributed by atoms with Gasteiger partial charge in [0.25, 0.3) is 5.91 Å². The molecule has 1 N–H and O–H groups in total. The monoisotopic (exact) mass is 393 g/mol. The molecule has 0 saturated heterocycles. The van der Waals surface area contributed by atoms with E-state index >= 15 is 0 Å². The normalized spacial score (nSPS) is 10.6. The van der Waals surface area contributed by atoms with Gasteiger partial charge in [0.1, 0.15) is 10.6 Å². The van der Waals surface area contributed by atoms with Crippen LogP contribution in [0.2, 0.25) is 0 Å². The van der Waals surface area contributed by atoms with Crippen LogP contribution in [0, 0.1) is 20.8 Å². The molecular weight excluding hydrogens is 370 g/mol. The van der Waals surface area contributed by atoms with Gasteiger partial charge >= 0.3 is 5.97 Å². The lowest BCUT2D eigenvalue weighted by Gasteiger charge is -2.10. The van der Waals surface area contributed by atoms with Crippen LogP contribution in [0.4, 0.5) is 5.00 Å². The summed E-state index contributed by atoms with van der Waals surface area (Å²) >= 11 is 1.33. The average molecular weight is 394 g/mol. The molecule has 0 atom stereocenters. The third-order valence-corrected chi connectivity index (χ3v) is 5.52. The lowest BCUT2D eigenvalue weighted by atomic mass is 10.0. The van der Waals surface area contributed by atoms with Crippen LogP contribution in [0.15, 0.2) is 47.8 Å². The Morgan fingerprint density at radius 3 is 2.36 bits per heavy atom. The second-order valence-corrected chi connectivity index (χ2v) is 7.57. The highest BCUT2D eigenvalue weighted by atomic mass is 32.1. The Labute approximate surface area is 169 Å². The zero-order valence-electron chi connectivity index (χ0n) is 16.5. The highest BCUT2D eigenvalue weighted by Crippen LogP contribution is 2.36. The van der Waals surface area contributed by atoms with Crippen LogP contribution in [-0.2, 0) is 4.74 Å². The van der Waals surface area contributed by atoms with E-state index in [0.717, 1.165) is 27.8 Å². The standard InChI is InChI=1S/C23H23NO3S/c1-5-27-23(26)20-19(17-9-6-14(2)7-10-17)13-28-22(20)24-21(25)18-11-8-15(3)16(4)12-18/h6-13H,5H2,1-4H3,(H,24,25). The van der Waals surface area contributed by atoms with E-state index in [2.05, 4.69) is 5.32 Å². The van der Waals surface area contributed by atoms with Crippen LogP contribution in [0.3, 0.4) is 0 Å². The first-order valence-electron chi connectivity index (χ1n) is 9.15. The number of benzene rings is 2. The van der Waals surface area contributed by atoms with Gasteiger partial charge in [0.2, 0.25) is 0 Å². The van der Waals surface area contributed by atoms with Crippen molar-refractivity contribution in [1.82, 2.24) is 0 Å². The summed E-state index contributed by atoms with van der Waals surface area (Å²) in [5.74, 6) is -0.680. The molecule has 5 heteroatoms. The van der Waals surface area contributed by atoms with E-state index in [9.17, 15) is 9.59 Å². The number of nitrogens with one attached hydrogen (secondary N) is 1. The molecule has 0 radical (unpaired) electrons. The van der Waals surface area contributed by atoms with Gasteiger partial charge in [-0.15, -0.1) is 11.3 Å². The minimum Gasteiger partial charge on any atom is -0.462 e. The zero-order chi connectivity index (χ0) is 20.3. The van der Waals surface area contributed by atoms with E-state index in [1.165, 1.54) is 11.3 Å². The Hall–Kier alpha value is -2.92. The lowest BCUT2D eigenvalue weighted by molar-refractivity contribution is 0.0529. The van der Waals surface area contributed by atoms with E-state index in [4.69, 9.17) is 4.74 Å². The molecule has 0 fully saturated rings. The van der Waals surface area contributed by atoms with Crippen molar-refractivity contribution in [3.8, 4) is 11.1 Å². The molecule has 144 valence electrons. The molecule has 0 aliphatic rings. The van der Waals surface area contributed by atoms with Crippen molar-refractivity contribution < 1.29 is 14.3 Å².